The van der Waals surface area contributed by atoms with Gasteiger partial charge >= 0.3 is 0 Å². The van der Waals surface area contributed by atoms with Crippen molar-refractivity contribution in [2.45, 2.75) is 30.9 Å². The summed E-state index contributed by atoms with van der Waals surface area (Å²) in [7, 11) is -3.70. The highest BCUT2D eigenvalue weighted by Crippen LogP contribution is 2.31. The molecule has 0 radical (unpaired) electrons. The second-order valence-electron chi connectivity index (χ2n) is 3.87. The van der Waals surface area contributed by atoms with Crippen LogP contribution in [0.15, 0.2) is 17.6 Å². The minimum atomic E-state index is -3.70. The summed E-state index contributed by atoms with van der Waals surface area (Å²) in [5.74, 6) is 1.82. The zero-order chi connectivity index (χ0) is 12.2. The highest BCUT2D eigenvalue weighted by atomic mass is 32.2. The lowest BCUT2D eigenvalue weighted by atomic mass is 9.89. The van der Waals surface area contributed by atoms with Crippen molar-refractivity contribution >= 4 is 15.7 Å². The van der Waals surface area contributed by atoms with Crippen molar-refractivity contribution in [1.29, 1.82) is 5.26 Å². The van der Waals surface area contributed by atoms with Gasteiger partial charge < -0.3 is 5.41 Å². The third-order valence-corrected chi connectivity index (χ3v) is 5.08. The molecule has 0 bridgehead atoms. The van der Waals surface area contributed by atoms with Gasteiger partial charge in [-0.1, -0.05) is 6.08 Å². The highest BCUT2D eigenvalue weighted by Gasteiger charge is 2.32. The number of sulfone groups is 1. The zero-order valence-electron chi connectivity index (χ0n) is 8.89. The van der Waals surface area contributed by atoms with Crippen molar-refractivity contribution in [2.75, 3.05) is 0 Å². The summed E-state index contributed by atoms with van der Waals surface area (Å²) in [4.78, 5) is -0.658. The molecule has 0 aromatic heterocycles. The van der Waals surface area contributed by atoms with Gasteiger partial charge in [0.15, 0.2) is 14.7 Å². The molecule has 1 aliphatic carbocycles. The molecule has 0 aromatic carbocycles. The van der Waals surface area contributed by atoms with Gasteiger partial charge in [0.05, 0.1) is 5.25 Å². The van der Waals surface area contributed by atoms with Crippen molar-refractivity contribution in [3.05, 3.63) is 23.0 Å². The molecule has 0 aromatic rings. The van der Waals surface area contributed by atoms with Crippen LogP contribution >= 0.6 is 0 Å². The molecule has 0 spiro atoms. The average molecular weight is 237 g/mol. The molecule has 0 saturated heterocycles. The van der Waals surface area contributed by atoms with Crippen LogP contribution in [0.1, 0.15) is 25.7 Å². The van der Waals surface area contributed by atoms with Gasteiger partial charge in [0, 0.05) is 0 Å². The number of rotatable bonds is 3. The van der Waals surface area contributed by atoms with Gasteiger partial charge in [0.2, 0.25) is 0 Å². The molecule has 1 saturated carbocycles. The summed E-state index contributed by atoms with van der Waals surface area (Å²) in [5.41, 5.74) is 0. The first kappa shape index (κ1) is 12.7. The van der Waals surface area contributed by atoms with Crippen LogP contribution in [0.3, 0.4) is 0 Å². The van der Waals surface area contributed by atoms with Crippen LogP contribution in [-0.2, 0) is 9.84 Å². The topological polar surface area (TPSA) is 80.2 Å². The number of hydrogen-bond donors (Lipinski definition) is 0. The Morgan fingerprint density at radius 1 is 1.38 bits per heavy atom. The van der Waals surface area contributed by atoms with Crippen LogP contribution in [0.2, 0.25) is 0 Å². The Balaban J connectivity index is 2.85. The van der Waals surface area contributed by atoms with Crippen LogP contribution in [0.25, 0.3) is 5.41 Å². The SMILES string of the molecule is C=CC1CCC(S(=O)(=O)C(=C=[N-])C#N)CC1. The Labute approximate surface area is 95.7 Å². The number of hydrogen-bond acceptors (Lipinski definition) is 3. The standard InChI is InChI=1S/C11H13N2O2S/c1-2-9-3-5-10(6-4-9)16(14,15)11(7-12)8-13/h2,9-10H,1,3-6H2/q-1. The predicted octanol–water partition coefficient (Wildman–Crippen LogP) is 1.79. The first-order valence-electron chi connectivity index (χ1n) is 5.09. The molecule has 1 aliphatic rings. The Kier molecular flexibility index (Phi) is 4.05. The van der Waals surface area contributed by atoms with Crippen molar-refractivity contribution < 1.29 is 8.42 Å². The van der Waals surface area contributed by atoms with E-state index in [4.69, 9.17) is 10.7 Å². The normalized spacial score (nSPS) is 25.2. The van der Waals surface area contributed by atoms with E-state index in [1.165, 1.54) is 11.9 Å². The Hall–Kier alpha value is -1.37. The van der Waals surface area contributed by atoms with Crippen molar-refractivity contribution in [3.63, 3.8) is 0 Å². The number of allylic oxidation sites excluding steroid dienone is 2. The summed E-state index contributed by atoms with van der Waals surface area (Å²) < 4.78 is 23.7. The van der Waals surface area contributed by atoms with Crippen molar-refractivity contribution in [2.24, 2.45) is 5.92 Å². The first-order chi connectivity index (χ1) is 7.56. The fourth-order valence-corrected chi connectivity index (χ4v) is 3.43. The van der Waals surface area contributed by atoms with Crippen molar-refractivity contribution in [3.8, 4) is 6.07 Å². The Bertz CT molecular complexity index is 459. The van der Waals surface area contributed by atoms with E-state index >= 15 is 0 Å². The molecule has 86 valence electrons. The smallest absolute Gasteiger partial charge is 0.196 e. The minimum Gasteiger partial charge on any atom is -0.762 e. The van der Waals surface area contributed by atoms with Crippen LogP contribution in [0.4, 0.5) is 0 Å². The first-order valence-corrected chi connectivity index (χ1v) is 6.64. The lowest BCUT2D eigenvalue weighted by Crippen LogP contribution is -2.27. The molecule has 5 heteroatoms. The van der Waals surface area contributed by atoms with Crippen LogP contribution in [-0.4, -0.2) is 19.5 Å². The summed E-state index contributed by atoms with van der Waals surface area (Å²) in [5, 5.41) is 16.6. The molecule has 4 nitrogen and oxygen atoms in total. The summed E-state index contributed by atoms with van der Waals surface area (Å²) in [6, 6.07) is 1.46. The van der Waals surface area contributed by atoms with E-state index < -0.39 is 20.0 Å². The number of nitrogens with zero attached hydrogens (tertiary/aromatic N) is 2. The molecule has 0 unspecified atom stereocenters. The average Bonchev–Trinajstić information content (AvgIpc) is 2.30. The predicted molar refractivity (Wildman–Crippen MR) is 62.4 cm³/mol. The van der Waals surface area contributed by atoms with E-state index in [-0.39, 0.29) is 0 Å². The van der Waals surface area contributed by atoms with Crippen LogP contribution < -0.4 is 0 Å². The molecule has 16 heavy (non-hydrogen) atoms. The molecule has 1 fully saturated rings. The highest BCUT2D eigenvalue weighted by molar-refractivity contribution is 7.96. The van der Waals surface area contributed by atoms with Crippen molar-refractivity contribution in [1.82, 2.24) is 0 Å². The fourth-order valence-electron chi connectivity index (χ4n) is 1.95. The lowest BCUT2D eigenvalue weighted by molar-refractivity contribution is 0.416. The molecule has 1 rings (SSSR count). The lowest BCUT2D eigenvalue weighted by Gasteiger charge is -2.25. The number of nitriles is 1. The van der Waals surface area contributed by atoms with Gasteiger partial charge in [-0.05, 0) is 31.6 Å². The maximum atomic E-state index is 11.8. The van der Waals surface area contributed by atoms with E-state index in [9.17, 15) is 8.42 Å². The summed E-state index contributed by atoms with van der Waals surface area (Å²) in [6.45, 7) is 3.68. The van der Waals surface area contributed by atoms with Gasteiger partial charge in [-0.25, -0.2) is 14.3 Å². The molecule has 0 aliphatic heterocycles. The molecule has 0 amide bonds. The van der Waals surface area contributed by atoms with E-state index in [0.29, 0.717) is 18.8 Å². The molecular weight excluding hydrogens is 224 g/mol. The van der Waals surface area contributed by atoms with E-state index in [2.05, 4.69) is 6.58 Å². The molecular formula is C11H13N2O2S-. The van der Waals surface area contributed by atoms with E-state index in [0.717, 1.165) is 12.8 Å². The summed E-state index contributed by atoms with van der Waals surface area (Å²) in [6.07, 6.45) is 4.37. The molecule has 0 N–H and O–H groups in total. The van der Waals surface area contributed by atoms with Gasteiger partial charge in [-0.2, -0.15) is 5.26 Å². The zero-order valence-corrected chi connectivity index (χ0v) is 9.70. The van der Waals surface area contributed by atoms with E-state index in [1.807, 2.05) is 6.08 Å². The minimum absolute atomic E-state index is 0.360. The van der Waals surface area contributed by atoms with Gasteiger partial charge in [-0.3, -0.25) is 0 Å². The molecule has 0 atom stereocenters. The monoisotopic (exact) mass is 237 g/mol. The maximum Gasteiger partial charge on any atom is 0.196 e. The Morgan fingerprint density at radius 3 is 2.31 bits per heavy atom. The van der Waals surface area contributed by atoms with Crippen LogP contribution in [0, 0.1) is 17.2 Å². The fraction of sp³-hybridized carbons (Fsp3) is 0.545. The second-order valence-corrected chi connectivity index (χ2v) is 6.04. The molecule has 0 heterocycles. The third kappa shape index (κ3) is 2.41. The van der Waals surface area contributed by atoms with E-state index in [1.54, 1.807) is 0 Å². The third-order valence-electron chi connectivity index (χ3n) is 2.98. The van der Waals surface area contributed by atoms with Gasteiger partial charge in [0.1, 0.15) is 6.07 Å². The maximum absolute atomic E-state index is 11.8. The largest absolute Gasteiger partial charge is 0.762 e. The second kappa shape index (κ2) is 5.11. The van der Waals surface area contributed by atoms with Gasteiger partial charge in [-0.15, -0.1) is 6.58 Å². The quantitative estimate of drug-likeness (QED) is 0.426. The van der Waals surface area contributed by atoms with Crippen LogP contribution in [0.5, 0.6) is 0 Å². The summed E-state index contributed by atoms with van der Waals surface area (Å²) >= 11 is 0. The van der Waals surface area contributed by atoms with Gasteiger partial charge in [0.25, 0.3) is 0 Å². The Morgan fingerprint density at radius 2 is 1.94 bits per heavy atom.